The maximum absolute atomic E-state index is 9.42. The Morgan fingerprint density at radius 3 is 2.74 bits per heavy atom. The molecule has 0 fully saturated rings. The van der Waals surface area contributed by atoms with Crippen molar-refractivity contribution in [2.45, 2.75) is 0 Å². The van der Waals surface area contributed by atoms with Crippen LogP contribution in [0.25, 0.3) is 22.1 Å². The van der Waals surface area contributed by atoms with Gasteiger partial charge in [0.05, 0.1) is 18.5 Å². The van der Waals surface area contributed by atoms with Crippen molar-refractivity contribution >= 4 is 33.0 Å². The first-order chi connectivity index (χ1) is 11.1. The number of thiazole rings is 1. The molecule has 23 heavy (non-hydrogen) atoms. The Morgan fingerprint density at radius 2 is 2.09 bits per heavy atom. The Morgan fingerprint density at radius 1 is 1.26 bits per heavy atom. The number of halogens is 1. The number of aromatic nitrogens is 3. The lowest BCUT2D eigenvalue weighted by Gasteiger charge is -2.09. The van der Waals surface area contributed by atoms with Crippen LogP contribution in [0.4, 0.5) is 5.69 Å². The minimum atomic E-state index is 0.276. The molecule has 0 saturated heterocycles. The molecule has 0 radical (unpaired) electrons. The highest BCUT2D eigenvalue weighted by atomic mass is 79.9. The van der Waals surface area contributed by atoms with Gasteiger partial charge in [0.1, 0.15) is 38.4 Å². The van der Waals surface area contributed by atoms with Crippen molar-refractivity contribution in [1.82, 2.24) is 15.0 Å². The normalized spacial score (nSPS) is 10.3. The van der Waals surface area contributed by atoms with E-state index in [1.54, 1.807) is 31.5 Å². The molecule has 0 aliphatic rings. The van der Waals surface area contributed by atoms with E-state index in [9.17, 15) is 5.26 Å². The van der Waals surface area contributed by atoms with Gasteiger partial charge in [-0.15, -0.1) is 11.3 Å². The number of hydrogen-bond donors (Lipinski definition) is 1. The van der Waals surface area contributed by atoms with E-state index in [1.165, 1.54) is 11.3 Å². The lowest BCUT2D eigenvalue weighted by atomic mass is 10.1. The van der Waals surface area contributed by atoms with Crippen LogP contribution in [0, 0.1) is 11.3 Å². The van der Waals surface area contributed by atoms with Crippen LogP contribution in [0.5, 0.6) is 5.75 Å². The zero-order valence-electron chi connectivity index (χ0n) is 11.9. The minimum Gasteiger partial charge on any atom is -0.497 e. The van der Waals surface area contributed by atoms with Crippen molar-refractivity contribution in [3.63, 3.8) is 0 Å². The number of hydrogen-bond acceptors (Lipinski definition) is 7. The number of pyridine rings is 2. The summed E-state index contributed by atoms with van der Waals surface area (Å²) in [4.78, 5) is 13.1. The number of nitrogen functional groups attached to an aromatic ring is 1. The van der Waals surface area contributed by atoms with Crippen LogP contribution in [0.1, 0.15) is 5.56 Å². The highest BCUT2D eigenvalue weighted by Gasteiger charge is 2.17. The number of nitriles is 1. The van der Waals surface area contributed by atoms with E-state index in [1.807, 2.05) is 5.38 Å². The van der Waals surface area contributed by atoms with Gasteiger partial charge >= 0.3 is 0 Å². The monoisotopic (exact) mass is 387 g/mol. The summed E-state index contributed by atoms with van der Waals surface area (Å²) in [6, 6.07) is 7.17. The summed E-state index contributed by atoms with van der Waals surface area (Å²) in [6.45, 7) is 0. The molecule has 0 amide bonds. The Labute approximate surface area is 144 Å². The van der Waals surface area contributed by atoms with Gasteiger partial charge < -0.3 is 10.5 Å². The number of anilines is 1. The molecule has 2 N–H and O–H groups in total. The Hall–Kier alpha value is -2.50. The third-order valence-corrected chi connectivity index (χ3v) is 4.26. The molecule has 0 unspecified atom stereocenters. The fraction of sp³-hybridized carbons (Fsp3) is 0.0667. The summed E-state index contributed by atoms with van der Waals surface area (Å²) in [6.07, 6.45) is 1.69. The van der Waals surface area contributed by atoms with Crippen molar-refractivity contribution < 1.29 is 4.74 Å². The molecule has 0 aliphatic heterocycles. The van der Waals surface area contributed by atoms with Crippen molar-refractivity contribution in [2.75, 3.05) is 12.8 Å². The summed E-state index contributed by atoms with van der Waals surface area (Å²) in [7, 11) is 1.56. The molecule has 0 spiro atoms. The lowest BCUT2D eigenvalue weighted by Crippen LogP contribution is -2.00. The summed E-state index contributed by atoms with van der Waals surface area (Å²) < 4.78 is 5.82. The quantitative estimate of drug-likeness (QED) is 0.690. The number of methoxy groups -OCH3 is 1. The topological polar surface area (TPSA) is 97.7 Å². The highest BCUT2D eigenvalue weighted by molar-refractivity contribution is 9.10. The maximum atomic E-state index is 9.42. The summed E-state index contributed by atoms with van der Waals surface area (Å²) >= 11 is 4.78. The highest BCUT2D eigenvalue weighted by Crippen LogP contribution is 2.32. The summed E-state index contributed by atoms with van der Waals surface area (Å²) in [5, 5.41) is 12.0. The second-order valence-corrected chi connectivity index (χ2v) is 6.19. The average molecular weight is 388 g/mol. The van der Waals surface area contributed by atoms with E-state index < -0.39 is 0 Å². The van der Waals surface area contributed by atoms with E-state index in [2.05, 4.69) is 37.0 Å². The molecular formula is C15H10BrN5OS. The molecular weight excluding hydrogens is 378 g/mol. The number of nitrogens with zero attached hydrogens (tertiary/aromatic N) is 4. The summed E-state index contributed by atoms with van der Waals surface area (Å²) in [5.41, 5.74) is 8.14. The van der Waals surface area contributed by atoms with Gasteiger partial charge in [0.25, 0.3) is 0 Å². The first-order valence-corrected chi connectivity index (χ1v) is 8.12. The number of rotatable bonds is 3. The zero-order chi connectivity index (χ0) is 16.4. The van der Waals surface area contributed by atoms with Gasteiger partial charge in [0.2, 0.25) is 0 Å². The first-order valence-electron chi connectivity index (χ1n) is 6.45. The van der Waals surface area contributed by atoms with E-state index >= 15 is 0 Å². The molecule has 0 bridgehead atoms. The minimum absolute atomic E-state index is 0.276. The third-order valence-electron chi connectivity index (χ3n) is 3.06. The van der Waals surface area contributed by atoms with Gasteiger partial charge in [-0.05, 0) is 22.0 Å². The Kier molecular flexibility index (Phi) is 4.23. The molecule has 0 saturated carbocycles. The Balaban J connectivity index is 2.25. The predicted molar refractivity (Wildman–Crippen MR) is 92.0 cm³/mol. The van der Waals surface area contributed by atoms with Gasteiger partial charge in [-0.2, -0.15) is 5.26 Å². The fourth-order valence-electron chi connectivity index (χ4n) is 2.04. The Bertz CT molecular complexity index is 905. The van der Waals surface area contributed by atoms with Crippen LogP contribution in [-0.4, -0.2) is 22.1 Å². The van der Waals surface area contributed by atoms with Crippen LogP contribution >= 0.6 is 27.3 Å². The lowest BCUT2D eigenvalue weighted by molar-refractivity contribution is 0.414. The van der Waals surface area contributed by atoms with Crippen molar-refractivity contribution in [3.05, 3.63) is 39.9 Å². The number of ether oxygens (including phenoxy) is 1. The van der Waals surface area contributed by atoms with Gasteiger partial charge in [0, 0.05) is 23.7 Å². The van der Waals surface area contributed by atoms with E-state index in [-0.39, 0.29) is 5.56 Å². The van der Waals surface area contributed by atoms with Crippen molar-refractivity contribution in [3.8, 4) is 33.9 Å². The standard InChI is InChI=1S/C15H10BrN5OS/c1-22-8-4-11(20-13(16)5-8)14-9(7-17)10(18)6-12(21-14)15-19-2-3-23-15/h2-6H,1H3,(H2,18,21). The SMILES string of the molecule is COc1cc(Br)nc(-c2nc(-c3nccs3)cc(N)c2C#N)c1. The summed E-state index contributed by atoms with van der Waals surface area (Å²) in [5.74, 6) is 0.603. The van der Waals surface area contributed by atoms with Gasteiger partial charge in [0.15, 0.2) is 0 Å². The smallest absolute Gasteiger partial charge is 0.141 e. The zero-order valence-corrected chi connectivity index (χ0v) is 14.3. The van der Waals surface area contributed by atoms with Crippen LogP contribution < -0.4 is 10.5 Å². The molecule has 114 valence electrons. The van der Waals surface area contributed by atoms with Crippen LogP contribution in [0.15, 0.2) is 34.4 Å². The molecule has 6 nitrogen and oxygen atoms in total. The number of nitrogens with two attached hydrogens (primary N) is 1. The molecule has 0 aliphatic carbocycles. The van der Waals surface area contributed by atoms with E-state index in [0.29, 0.717) is 33.1 Å². The predicted octanol–water partition coefficient (Wildman–Crippen LogP) is 3.49. The van der Waals surface area contributed by atoms with Gasteiger partial charge in [-0.1, -0.05) is 0 Å². The van der Waals surface area contributed by atoms with Crippen molar-refractivity contribution in [1.29, 1.82) is 5.26 Å². The molecule has 8 heteroatoms. The molecule has 0 atom stereocenters. The van der Waals surface area contributed by atoms with E-state index in [0.717, 1.165) is 5.01 Å². The third kappa shape index (κ3) is 3.02. The molecule has 0 aromatic carbocycles. The second kappa shape index (κ2) is 6.32. The average Bonchev–Trinajstić information content (AvgIpc) is 3.08. The van der Waals surface area contributed by atoms with Crippen LogP contribution in [-0.2, 0) is 0 Å². The fourth-order valence-corrected chi connectivity index (χ4v) is 3.05. The van der Waals surface area contributed by atoms with Crippen LogP contribution in [0.3, 0.4) is 0 Å². The van der Waals surface area contributed by atoms with Gasteiger partial charge in [-0.3, -0.25) is 0 Å². The van der Waals surface area contributed by atoms with E-state index in [4.69, 9.17) is 10.5 Å². The first kappa shape index (κ1) is 15.4. The molecule has 3 aromatic rings. The van der Waals surface area contributed by atoms with Crippen molar-refractivity contribution in [2.24, 2.45) is 0 Å². The maximum Gasteiger partial charge on any atom is 0.141 e. The molecule has 3 rings (SSSR count). The largest absolute Gasteiger partial charge is 0.497 e. The van der Waals surface area contributed by atoms with Crippen LogP contribution in [0.2, 0.25) is 0 Å². The van der Waals surface area contributed by atoms with Gasteiger partial charge in [-0.25, -0.2) is 15.0 Å². The molecule has 3 heterocycles. The second-order valence-electron chi connectivity index (χ2n) is 4.48. The molecule has 3 aromatic heterocycles.